The number of aromatic nitrogens is 3. The molecule has 0 fully saturated rings. The van der Waals surface area contributed by atoms with Gasteiger partial charge in [-0.2, -0.15) is 0 Å². The summed E-state index contributed by atoms with van der Waals surface area (Å²) in [5, 5.41) is 13.5. The minimum atomic E-state index is -0.992. The Morgan fingerprint density at radius 3 is 2.74 bits per heavy atom. The maximum Gasteiger partial charge on any atom is 0.336 e. The minimum absolute atomic E-state index is 0.189. The van der Waals surface area contributed by atoms with E-state index in [9.17, 15) is 9.90 Å². The molecule has 0 spiro atoms. The summed E-state index contributed by atoms with van der Waals surface area (Å²) in [6, 6.07) is 10.4. The number of rotatable bonds is 2. The second-order valence-electron chi connectivity index (χ2n) is 3.91. The van der Waals surface area contributed by atoms with E-state index in [1.807, 2.05) is 12.1 Å². The van der Waals surface area contributed by atoms with Crippen LogP contribution in [-0.4, -0.2) is 25.7 Å². The fraction of sp³-hybridized carbons (Fsp3) is 0. The van der Waals surface area contributed by atoms with Gasteiger partial charge >= 0.3 is 5.97 Å². The standard InChI is InChI=1S/C13H8BrN3O2/c14-10-6-3-7-17-12(10)15-11(16-17)8-4-1-2-5-9(8)13(18)19/h1-7H,(H,18,19). The van der Waals surface area contributed by atoms with E-state index in [0.29, 0.717) is 17.0 Å². The first-order valence-electron chi connectivity index (χ1n) is 5.50. The average Bonchev–Trinajstić information content (AvgIpc) is 2.84. The fourth-order valence-electron chi connectivity index (χ4n) is 1.85. The Labute approximate surface area is 116 Å². The number of hydrogen-bond donors (Lipinski definition) is 1. The van der Waals surface area contributed by atoms with E-state index in [4.69, 9.17) is 0 Å². The molecule has 0 amide bonds. The molecule has 94 valence electrons. The summed E-state index contributed by atoms with van der Waals surface area (Å²) in [4.78, 5) is 15.6. The molecule has 2 aromatic heterocycles. The number of fused-ring (bicyclic) bond motifs is 1. The maximum absolute atomic E-state index is 11.2. The van der Waals surface area contributed by atoms with E-state index >= 15 is 0 Å². The highest BCUT2D eigenvalue weighted by Crippen LogP contribution is 2.23. The highest BCUT2D eigenvalue weighted by molar-refractivity contribution is 9.10. The Balaban J connectivity index is 2.25. The van der Waals surface area contributed by atoms with E-state index in [1.165, 1.54) is 0 Å². The van der Waals surface area contributed by atoms with Gasteiger partial charge in [-0.25, -0.2) is 14.3 Å². The molecule has 3 rings (SSSR count). The molecule has 6 heteroatoms. The molecule has 0 unspecified atom stereocenters. The highest BCUT2D eigenvalue weighted by atomic mass is 79.9. The van der Waals surface area contributed by atoms with Crippen LogP contribution < -0.4 is 0 Å². The molecule has 0 aliphatic carbocycles. The van der Waals surface area contributed by atoms with Gasteiger partial charge in [-0.1, -0.05) is 18.2 Å². The number of carbonyl (C=O) groups is 1. The number of carboxylic acid groups (broad SMARTS) is 1. The van der Waals surface area contributed by atoms with Crippen molar-refractivity contribution in [2.45, 2.75) is 0 Å². The van der Waals surface area contributed by atoms with Gasteiger partial charge in [-0.15, -0.1) is 5.10 Å². The van der Waals surface area contributed by atoms with E-state index in [-0.39, 0.29) is 5.56 Å². The Bertz CT molecular complexity index is 782. The fourth-order valence-corrected chi connectivity index (χ4v) is 2.28. The Morgan fingerprint density at radius 2 is 2.00 bits per heavy atom. The summed E-state index contributed by atoms with van der Waals surface area (Å²) in [6.07, 6.45) is 1.76. The second kappa shape index (κ2) is 4.47. The van der Waals surface area contributed by atoms with Crippen LogP contribution in [0, 0.1) is 0 Å². The smallest absolute Gasteiger partial charge is 0.336 e. The van der Waals surface area contributed by atoms with Crippen LogP contribution in [0.5, 0.6) is 0 Å². The van der Waals surface area contributed by atoms with Gasteiger partial charge in [0.05, 0.1) is 10.0 Å². The number of nitrogens with zero attached hydrogens (tertiary/aromatic N) is 3. The summed E-state index contributed by atoms with van der Waals surface area (Å²) >= 11 is 3.39. The number of benzene rings is 1. The topological polar surface area (TPSA) is 67.5 Å². The average molecular weight is 318 g/mol. The second-order valence-corrected chi connectivity index (χ2v) is 4.76. The van der Waals surface area contributed by atoms with Crippen LogP contribution in [0.1, 0.15) is 10.4 Å². The van der Waals surface area contributed by atoms with E-state index in [1.54, 1.807) is 35.0 Å². The zero-order chi connectivity index (χ0) is 13.4. The number of aromatic carboxylic acids is 1. The normalized spacial score (nSPS) is 10.8. The molecule has 19 heavy (non-hydrogen) atoms. The van der Waals surface area contributed by atoms with Crippen LogP contribution in [0.4, 0.5) is 0 Å². The third kappa shape index (κ3) is 2.00. The van der Waals surface area contributed by atoms with Gasteiger partial charge in [-0.3, -0.25) is 0 Å². The molecule has 0 saturated carbocycles. The Morgan fingerprint density at radius 1 is 1.21 bits per heavy atom. The molecule has 0 saturated heterocycles. The van der Waals surface area contributed by atoms with Crippen LogP contribution >= 0.6 is 15.9 Å². The first-order valence-corrected chi connectivity index (χ1v) is 6.30. The van der Waals surface area contributed by atoms with Gasteiger partial charge in [0.2, 0.25) is 0 Å². The number of pyridine rings is 1. The molecular weight excluding hydrogens is 310 g/mol. The molecule has 1 N–H and O–H groups in total. The molecule has 0 radical (unpaired) electrons. The molecule has 0 bridgehead atoms. The zero-order valence-electron chi connectivity index (χ0n) is 9.62. The van der Waals surface area contributed by atoms with E-state index in [0.717, 1.165) is 4.47 Å². The first-order chi connectivity index (χ1) is 9.16. The van der Waals surface area contributed by atoms with Gasteiger partial charge in [0.15, 0.2) is 11.5 Å². The lowest BCUT2D eigenvalue weighted by molar-refractivity contribution is 0.0697. The molecule has 5 nitrogen and oxygen atoms in total. The molecule has 2 heterocycles. The quantitative estimate of drug-likeness (QED) is 0.789. The van der Waals surface area contributed by atoms with Crippen molar-refractivity contribution >= 4 is 27.5 Å². The summed E-state index contributed by atoms with van der Waals surface area (Å²) in [5.74, 6) is -0.599. The summed E-state index contributed by atoms with van der Waals surface area (Å²) in [7, 11) is 0. The molecule has 0 aliphatic rings. The van der Waals surface area contributed by atoms with Gasteiger partial charge in [0.25, 0.3) is 0 Å². The van der Waals surface area contributed by atoms with Crippen molar-refractivity contribution in [2.24, 2.45) is 0 Å². The van der Waals surface area contributed by atoms with Gasteiger partial charge in [0.1, 0.15) is 0 Å². The van der Waals surface area contributed by atoms with Crippen molar-refractivity contribution in [3.63, 3.8) is 0 Å². The largest absolute Gasteiger partial charge is 0.478 e. The van der Waals surface area contributed by atoms with E-state index < -0.39 is 5.97 Å². The van der Waals surface area contributed by atoms with Crippen LogP contribution in [0.3, 0.4) is 0 Å². The van der Waals surface area contributed by atoms with Crippen LogP contribution in [0.25, 0.3) is 17.0 Å². The lowest BCUT2D eigenvalue weighted by atomic mass is 10.1. The van der Waals surface area contributed by atoms with Crippen molar-refractivity contribution in [1.82, 2.24) is 14.6 Å². The van der Waals surface area contributed by atoms with Crippen molar-refractivity contribution in [3.8, 4) is 11.4 Å². The lowest BCUT2D eigenvalue weighted by Crippen LogP contribution is -1.99. The van der Waals surface area contributed by atoms with Gasteiger partial charge in [-0.05, 0) is 34.1 Å². The predicted octanol–water partition coefficient (Wildman–Crippen LogP) is 2.86. The molecular formula is C13H8BrN3O2. The Hall–Kier alpha value is -2.21. The summed E-state index contributed by atoms with van der Waals surface area (Å²) < 4.78 is 2.42. The predicted molar refractivity (Wildman–Crippen MR) is 73.1 cm³/mol. The van der Waals surface area contributed by atoms with Gasteiger partial charge in [0, 0.05) is 11.8 Å². The summed E-state index contributed by atoms with van der Waals surface area (Å²) in [5.41, 5.74) is 1.35. The lowest BCUT2D eigenvalue weighted by Gasteiger charge is -2.00. The number of halogens is 1. The van der Waals surface area contributed by atoms with Crippen LogP contribution in [0.2, 0.25) is 0 Å². The zero-order valence-corrected chi connectivity index (χ0v) is 11.2. The summed E-state index contributed by atoms with van der Waals surface area (Å²) in [6.45, 7) is 0. The van der Waals surface area contributed by atoms with E-state index in [2.05, 4.69) is 26.0 Å². The van der Waals surface area contributed by atoms with Crippen molar-refractivity contribution in [2.75, 3.05) is 0 Å². The molecule has 3 aromatic rings. The highest BCUT2D eigenvalue weighted by Gasteiger charge is 2.15. The number of hydrogen-bond acceptors (Lipinski definition) is 3. The van der Waals surface area contributed by atoms with Crippen molar-refractivity contribution < 1.29 is 9.90 Å². The van der Waals surface area contributed by atoms with Crippen LogP contribution in [-0.2, 0) is 0 Å². The first kappa shape index (κ1) is 11.9. The minimum Gasteiger partial charge on any atom is -0.478 e. The molecule has 0 atom stereocenters. The third-order valence-electron chi connectivity index (χ3n) is 2.71. The van der Waals surface area contributed by atoms with Crippen molar-refractivity contribution in [3.05, 3.63) is 52.6 Å². The SMILES string of the molecule is O=C(O)c1ccccc1-c1nc2c(Br)cccn2n1. The van der Waals surface area contributed by atoms with Crippen LogP contribution in [0.15, 0.2) is 47.1 Å². The number of carboxylic acids is 1. The monoisotopic (exact) mass is 317 g/mol. The van der Waals surface area contributed by atoms with Gasteiger partial charge < -0.3 is 5.11 Å². The Kier molecular flexibility index (Phi) is 2.79. The molecule has 0 aliphatic heterocycles. The van der Waals surface area contributed by atoms with Crippen molar-refractivity contribution in [1.29, 1.82) is 0 Å². The maximum atomic E-state index is 11.2. The third-order valence-corrected chi connectivity index (χ3v) is 3.33. The molecule has 1 aromatic carbocycles.